The highest BCUT2D eigenvalue weighted by Gasteiger charge is 2.42. The van der Waals surface area contributed by atoms with Gasteiger partial charge in [-0.25, -0.2) is 0 Å². The topological polar surface area (TPSA) is 64.9 Å². The van der Waals surface area contributed by atoms with Gasteiger partial charge in [-0.2, -0.15) is 13.2 Å². The van der Waals surface area contributed by atoms with E-state index in [0.29, 0.717) is 25.1 Å². The number of halogens is 3. The first kappa shape index (κ1) is 21.2. The van der Waals surface area contributed by atoms with E-state index in [0.717, 1.165) is 27.9 Å². The summed E-state index contributed by atoms with van der Waals surface area (Å²) in [6.45, 7) is 4.36. The molecule has 164 valence electrons. The molecule has 2 aliphatic heterocycles. The lowest BCUT2D eigenvalue weighted by Crippen LogP contribution is -2.49. The number of fused-ring (bicyclic) bond motifs is 5. The van der Waals surface area contributed by atoms with Crippen LogP contribution < -0.4 is 10.2 Å². The molecule has 1 amide bonds. The Labute approximate surface area is 178 Å². The molecule has 1 saturated heterocycles. The predicted molar refractivity (Wildman–Crippen MR) is 112 cm³/mol. The number of alkyl halides is 3. The fraction of sp³-hybridized carbons (Fsp3) is 0.391. The lowest BCUT2D eigenvalue weighted by atomic mass is 9.86. The number of piperidine rings is 1. The van der Waals surface area contributed by atoms with E-state index in [1.54, 1.807) is 6.92 Å². The van der Waals surface area contributed by atoms with Crippen molar-refractivity contribution in [3.8, 4) is 0 Å². The number of carbonyl (C=O) groups is 1. The van der Waals surface area contributed by atoms with Crippen LogP contribution in [0.1, 0.15) is 60.9 Å². The molecule has 8 heteroatoms. The van der Waals surface area contributed by atoms with Gasteiger partial charge < -0.3 is 15.4 Å². The van der Waals surface area contributed by atoms with E-state index in [1.165, 1.54) is 0 Å². The highest BCUT2D eigenvalue weighted by molar-refractivity contribution is 5.99. The van der Waals surface area contributed by atoms with Gasteiger partial charge >= 0.3 is 12.1 Å². The largest absolute Gasteiger partial charge is 0.471 e. The quantitative estimate of drug-likeness (QED) is 0.410. The van der Waals surface area contributed by atoms with Crippen molar-refractivity contribution >= 4 is 17.3 Å². The van der Waals surface area contributed by atoms with Crippen LogP contribution >= 0.6 is 0 Å². The van der Waals surface area contributed by atoms with E-state index in [9.17, 15) is 23.2 Å². The summed E-state index contributed by atoms with van der Waals surface area (Å²) >= 11 is 0. The number of benzene rings is 2. The third-order valence-corrected chi connectivity index (χ3v) is 6.39. The molecule has 0 aliphatic carbocycles. The average molecular weight is 431 g/mol. The van der Waals surface area contributed by atoms with Gasteiger partial charge in [0.05, 0.1) is 11.8 Å². The third-order valence-electron chi connectivity index (χ3n) is 6.39. The molecule has 2 N–H and O–H groups in total. The van der Waals surface area contributed by atoms with Gasteiger partial charge in [0.2, 0.25) is 0 Å². The summed E-state index contributed by atoms with van der Waals surface area (Å²) in [5.74, 6) is -1.84. The monoisotopic (exact) mass is 431 g/mol. The van der Waals surface area contributed by atoms with Gasteiger partial charge in [-0.1, -0.05) is 42.4 Å². The minimum Gasteiger partial charge on any atom is -0.411 e. The van der Waals surface area contributed by atoms with Crippen LogP contribution in [0.2, 0.25) is 0 Å². The minimum absolute atomic E-state index is 0.0476. The summed E-state index contributed by atoms with van der Waals surface area (Å²) in [5.41, 5.74) is 5.59. The summed E-state index contributed by atoms with van der Waals surface area (Å²) in [6.07, 6.45) is -4.07. The SMILES string of the molecule is CC(=NO)c1ccc2c(c1)[C@H](C)c1ccccc1[C@H]1C[C@H](NC(=O)C(F)(F)F)CCN21. The van der Waals surface area contributed by atoms with E-state index in [1.807, 2.05) is 42.5 Å². The van der Waals surface area contributed by atoms with Crippen LogP contribution in [0.4, 0.5) is 18.9 Å². The van der Waals surface area contributed by atoms with Crippen molar-refractivity contribution in [3.05, 3.63) is 64.7 Å². The Morgan fingerprint density at radius 2 is 1.87 bits per heavy atom. The molecule has 0 unspecified atom stereocenters. The van der Waals surface area contributed by atoms with Crippen molar-refractivity contribution in [3.63, 3.8) is 0 Å². The zero-order chi connectivity index (χ0) is 22.3. The second-order valence-electron chi connectivity index (χ2n) is 8.21. The molecule has 0 bridgehead atoms. The molecule has 2 aromatic carbocycles. The number of hydrogen-bond donors (Lipinski definition) is 2. The standard InChI is InChI=1S/C23H24F3N3O2/c1-13-17-5-3-4-6-18(17)21-12-16(27-22(30)23(24,25)26)9-10-29(21)20-8-7-15(11-19(13)20)14(2)28-31/h3-8,11,13,16,21,31H,9-10,12H2,1-2H3,(H,27,30)/t13-,16-,21-/m1/s1. The molecule has 0 aromatic heterocycles. The number of hydrogen-bond acceptors (Lipinski definition) is 4. The molecule has 4 rings (SSSR count). The molecule has 2 aliphatic rings. The van der Waals surface area contributed by atoms with Gasteiger partial charge in [0.15, 0.2) is 0 Å². The van der Waals surface area contributed by atoms with E-state index in [2.05, 4.69) is 22.3 Å². The molecule has 31 heavy (non-hydrogen) atoms. The van der Waals surface area contributed by atoms with E-state index in [-0.39, 0.29) is 12.0 Å². The van der Waals surface area contributed by atoms with Crippen LogP contribution in [0.3, 0.4) is 0 Å². The van der Waals surface area contributed by atoms with Crippen molar-refractivity contribution in [2.45, 2.75) is 50.9 Å². The first-order chi connectivity index (χ1) is 14.7. The highest BCUT2D eigenvalue weighted by Crippen LogP contribution is 2.46. The van der Waals surface area contributed by atoms with Gasteiger partial charge in [0, 0.05) is 24.2 Å². The molecule has 0 saturated carbocycles. The molecular weight excluding hydrogens is 407 g/mol. The van der Waals surface area contributed by atoms with Gasteiger partial charge in [0.25, 0.3) is 0 Å². The lowest BCUT2D eigenvalue weighted by molar-refractivity contribution is -0.174. The Morgan fingerprint density at radius 3 is 2.55 bits per heavy atom. The molecule has 1 fully saturated rings. The van der Waals surface area contributed by atoms with Crippen molar-refractivity contribution < 1.29 is 23.2 Å². The molecule has 5 nitrogen and oxygen atoms in total. The van der Waals surface area contributed by atoms with Crippen LogP contribution in [0.15, 0.2) is 47.6 Å². The highest BCUT2D eigenvalue weighted by atomic mass is 19.4. The van der Waals surface area contributed by atoms with Crippen molar-refractivity contribution in [1.82, 2.24) is 5.32 Å². The summed E-state index contributed by atoms with van der Waals surface area (Å²) in [6, 6.07) is 13.2. The summed E-state index contributed by atoms with van der Waals surface area (Å²) in [7, 11) is 0. The van der Waals surface area contributed by atoms with Crippen LogP contribution in [0.5, 0.6) is 0 Å². The number of anilines is 1. The van der Waals surface area contributed by atoms with Crippen LogP contribution in [-0.4, -0.2) is 35.6 Å². The van der Waals surface area contributed by atoms with E-state index in [4.69, 9.17) is 0 Å². The van der Waals surface area contributed by atoms with Crippen molar-refractivity contribution in [2.75, 3.05) is 11.4 Å². The van der Waals surface area contributed by atoms with E-state index < -0.39 is 18.1 Å². The maximum atomic E-state index is 12.8. The maximum absolute atomic E-state index is 12.8. The fourth-order valence-corrected chi connectivity index (χ4v) is 4.77. The predicted octanol–water partition coefficient (Wildman–Crippen LogP) is 4.74. The fourth-order valence-electron chi connectivity index (χ4n) is 4.77. The van der Waals surface area contributed by atoms with Gasteiger partial charge in [-0.05, 0) is 54.2 Å². The first-order valence-corrected chi connectivity index (χ1v) is 10.3. The summed E-state index contributed by atoms with van der Waals surface area (Å²) < 4.78 is 38.3. The Hall–Kier alpha value is -3.03. The third kappa shape index (κ3) is 3.86. The Bertz CT molecular complexity index is 1030. The number of rotatable bonds is 2. The van der Waals surface area contributed by atoms with Crippen molar-refractivity contribution in [2.24, 2.45) is 5.16 Å². The number of carbonyl (C=O) groups excluding carboxylic acids is 1. The molecule has 0 spiro atoms. The normalized spacial score (nSPS) is 23.3. The lowest BCUT2D eigenvalue weighted by Gasteiger charge is -2.41. The molecule has 0 radical (unpaired) electrons. The Morgan fingerprint density at radius 1 is 1.16 bits per heavy atom. The molecule has 3 atom stereocenters. The zero-order valence-corrected chi connectivity index (χ0v) is 17.3. The van der Waals surface area contributed by atoms with Crippen molar-refractivity contribution in [1.29, 1.82) is 0 Å². The van der Waals surface area contributed by atoms with E-state index >= 15 is 0 Å². The summed E-state index contributed by atoms with van der Waals surface area (Å²) in [4.78, 5) is 13.7. The first-order valence-electron chi connectivity index (χ1n) is 10.3. The number of oxime groups is 1. The average Bonchev–Trinajstić information content (AvgIpc) is 2.86. The summed E-state index contributed by atoms with van der Waals surface area (Å²) in [5, 5.41) is 14.7. The van der Waals surface area contributed by atoms with Gasteiger partial charge in [-0.3, -0.25) is 4.79 Å². The molecular formula is C23H24F3N3O2. The zero-order valence-electron chi connectivity index (χ0n) is 17.3. The van der Waals surface area contributed by atoms with Crippen LogP contribution in [0, 0.1) is 0 Å². The number of nitrogens with zero attached hydrogens (tertiary/aromatic N) is 2. The van der Waals surface area contributed by atoms with Crippen LogP contribution in [-0.2, 0) is 4.79 Å². The molecule has 2 heterocycles. The second-order valence-corrected chi connectivity index (χ2v) is 8.21. The second kappa shape index (κ2) is 7.90. The maximum Gasteiger partial charge on any atom is 0.471 e. The Balaban J connectivity index is 1.76. The number of nitrogens with one attached hydrogen (secondary N) is 1. The number of amides is 1. The van der Waals surface area contributed by atoms with Gasteiger partial charge in [0.1, 0.15) is 0 Å². The smallest absolute Gasteiger partial charge is 0.411 e. The van der Waals surface area contributed by atoms with Crippen LogP contribution in [0.25, 0.3) is 0 Å². The Kier molecular flexibility index (Phi) is 5.41. The molecule has 2 aromatic rings. The minimum atomic E-state index is -4.89. The van der Waals surface area contributed by atoms with Gasteiger partial charge in [-0.15, -0.1) is 0 Å².